The van der Waals surface area contributed by atoms with Crippen molar-refractivity contribution in [2.24, 2.45) is 5.92 Å². The van der Waals surface area contributed by atoms with Crippen molar-refractivity contribution in [3.63, 3.8) is 0 Å². The van der Waals surface area contributed by atoms with Gasteiger partial charge in [-0.15, -0.1) is 11.3 Å². The Hall–Kier alpha value is -0.630. The largest absolute Gasteiger partial charge is 0.481 e. The van der Waals surface area contributed by atoms with Gasteiger partial charge in [-0.05, 0) is 11.4 Å². The Morgan fingerprint density at radius 3 is 2.65 bits per heavy atom. The molecule has 0 aromatic carbocycles. The van der Waals surface area contributed by atoms with Crippen LogP contribution in [0.25, 0.3) is 0 Å². The molecule has 0 spiro atoms. The van der Waals surface area contributed by atoms with E-state index in [0.29, 0.717) is 0 Å². The van der Waals surface area contributed by atoms with Crippen LogP contribution in [0.1, 0.15) is 6.92 Å². The van der Waals surface area contributed by atoms with Crippen LogP contribution in [-0.2, 0) is 14.8 Å². The van der Waals surface area contributed by atoms with Gasteiger partial charge in [0.2, 0.25) is 0 Å². The highest BCUT2D eigenvalue weighted by molar-refractivity contribution is 7.91. The zero-order chi connectivity index (χ0) is 13.2. The Bertz CT molecular complexity index is 511. The number of hydrogen-bond donors (Lipinski definition) is 1. The van der Waals surface area contributed by atoms with Crippen LogP contribution in [0.2, 0.25) is 5.02 Å². The Balaban J connectivity index is 2.93. The van der Waals surface area contributed by atoms with Crippen molar-refractivity contribution < 1.29 is 18.3 Å². The normalized spacial score (nSPS) is 13.9. The third-order valence-corrected chi connectivity index (χ3v) is 6.01. The minimum atomic E-state index is -3.70. The summed E-state index contributed by atoms with van der Waals surface area (Å²) in [7, 11) is -2.36. The second-order valence-corrected chi connectivity index (χ2v) is 7.14. The van der Waals surface area contributed by atoms with Gasteiger partial charge in [0.25, 0.3) is 10.0 Å². The zero-order valence-electron chi connectivity index (χ0n) is 9.25. The molecule has 8 heteroatoms. The van der Waals surface area contributed by atoms with E-state index in [1.54, 1.807) is 5.38 Å². The number of halogens is 1. The first kappa shape index (κ1) is 14.4. The zero-order valence-corrected chi connectivity index (χ0v) is 11.6. The number of carbonyl (C=O) groups is 1. The van der Waals surface area contributed by atoms with Gasteiger partial charge in [-0.25, -0.2) is 8.42 Å². The highest BCUT2D eigenvalue weighted by Crippen LogP contribution is 2.29. The van der Waals surface area contributed by atoms with E-state index in [4.69, 9.17) is 16.7 Å². The summed E-state index contributed by atoms with van der Waals surface area (Å²) in [6, 6.07) is 1.49. The van der Waals surface area contributed by atoms with Crippen LogP contribution in [0.5, 0.6) is 0 Å². The first-order valence-corrected chi connectivity index (χ1v) is 7.38. The fraction of sp³-hybridized carbons (Fsp3) is 0.444. The maximum atomic E-state index is 12.0. The molecule has 0 saturated heterocycles. The van der Waals surface area contributed by atoms with Crippen LogP contribution < -0.4 is 0 Å². The maximum absolute atomic E-state index is 12.0. The number of aliphatic carboxylic acids is 1. The lowest BCUT2D eigenvalue weighted by molar-refractivity contribution is -0.141. The van der Waals surface area contributed by atoms with Crippen molar-refractivity contribution in [2.45, 2.75) is 11.1 Å². The van der Waals surface area contributed by atoms with Crippen molar-refractivity contribution >= 4 is 38.9 Å². The first-order valence-electron chi connectivity index (χ1n) is 4.69. The van der Waals surface area contributed by atoms with E-state index in [0.717, 1.165) is 15.6 Å². The third kappa shape index (κ3) is 3.19. The standard InChI is InChI=1S/C9H12ClNO4S2/c1-6(8(12)13)5-11(2)17(14,15)9-7(10)3-4-16-9/h3-4,6H,5H2,1-2H3,(H,12,13). The summed E-state index contributed by atoms with van der Waals surface area (Å²) in [5.74, 6) is -1.81. The molecular weight excluding hydrogens is 286 g/mol. The van der Waals surface area contributed by atoms with Gasteiger partial charge in [0.15, 0.2) is 4.21 Å². The molecule has 0 aliphatic carbocycles. The number of rotatable bonds is 5. The lowest BCUT2D eigenvalue weighted by Crippen LogP contribution is -2.33. The van der Waals surface area contributed by atoms with Crippen molar-refractivity contribution in [2.75, 3.05) is 13.6 Å². The van der Waals surface area contributed by atoms with Crippen LogP contribution in [0.15, 0.2) is 15.7 Å². The summed E-state index contributed by atoms with van der Waals surface area (Å²) in [5, 5.41) is 10.5. The Morgan fingerprint density at radius 2 is 2.24 bits per heavy atom. The van der Waals surface area contributed by atoms with Gasteiger partial charge in [0.05, 0.1) is 10.9 Å². The number of thiophene rings is 1. The summed E-state index contributed by atoms with van der Waals surface area (Å²) in [6.45, 7) is 1.36. The molecule has 1 N–H and O–H groups in total. The Morgan fingerprint density at radius 1 is 1.65 bits per heavy atom. The summed E-state index contributed by atoms with van der Waals surface area (Å²) < 4.78 is 25.1. The second-order valence-electron chi connectivity index (χ2n) is 3.58. The highest BCUT2D eigenvalue weighted by Gasteiger charge is 2.27. The fourth-order valence-corrected chi connectivity index (χ4v) is 4.29. The topological polar surface area (TPSA) is 74.7 Å². The van der Waals surface area contributed by atoms with Gasteiger partial charge in [-0.2, -0.15) is 4.31 Å². The molecule has 0 bridgehead atoms. The molecule has 0 fully saturated rings. The molecule has 5 nitrogen and oxygen atoms in total. The van der Waals surface area contributed by atoms with Gasteiger partial charge >= 0.3 is 5.97 Å². The monoisotopic (exact) mass is 297 g/mol. The quantitative estimate of drug-likeness (QED) is 0.898. The van der Waals surface area contributed by atoms with Crippen molar-refractivity contribution in [3.8, 4) is 0 Å². The summed E-state index contributed by atoms with van der Waals surface area (Å²) >= 11 is 6.77. The van der Waals surface area contributed by atoms with Crippen LogP contribution in [0.4, 0.5) is 0 Å². The second kappa shape index (κ2) is 5.34. The van der Waals surface area contributed by atoms with Crippen LogP contribution >= 0.6 is 22.9 Å². The number of carboxylic acids is 1. The average Bonchev–Trinajstić information content (AvgIpc) is 2.64. The predicted molar refractivity (Wildman–Crippen MR) is 65.9 cm³/mol. The predicted octanol–water partition coefficient (Wildman–Crippen LogP) is 1.74. The summed E-state index contributed by atoms with van der Waals surface area (Å²) in [5.41, 5.74) is 0. The van der Waals surface area contributed by atoms with E-state index in [2.05, 4.69) is 0 Å². The van der Waals surface area contributed by atoms with Gasteiger partial charge in [-0.3, -0.25) is 4.79 Å². The fourth-order valence-electron chi connectivity index (χ4n) is 1.17. The van der Waals surface area contributed by atoms with Gasteiger partial charge in [0, 0.05) is 13.6 Å². The number of carboxylic acid groups (broad SMARTS) is 1. The van der Waals surface area contributed by atoms with Crippen molar-refractivity contribution in [1.29, 1.82) is 0 Å². The van der Waals surface area contributed by atoms with E-state index in [9.17, 15) is 13.2 Å². The molecule has 1 aromatic rings. The number of nitrogens with zero attached hydrogens (tertiary/aromatic N) is 1. The van der Waals surface area contributed by atoms with Crippen LogP contribution in [0.3, 0.4) is 0 Å². The molecule has 0 radical (unpaired) electrons. The molecular formula is C9H12ClNO4S2. The minimum absolute atomic E-state index is 0.0410. The van der Waals surface area contributed by atoms with Gasteiger partial charge in [-0.1, -0.05) is 18.5 Å². The molecule has 0 saturated carbocycles. The van der Waals surface area contributed by atoms with E-state index < -0.39 is 21.9 Å². The van der Waals surface area contributed by atoms with Crippen molar-refractivity contribution in [3.05, 3.63) is 16.5 Å². The summed E-state index contributed by atoms with van der Waals surface area (Å²) in [6.07, 6.45) is 0. The van der Waals surface area contributed by atoms with E-state index >= 15 is 0 Å². The van der Waals surface area contributed by atoms with Gasteiger partial charge in [0.1, 0.15) is 0 Å². The number of hydrogen-bond acceptors (Lipinski definition) is 4. The molecule has 0 aliphatic heterocycles. The molecule has 96 valence electrons. The first-order chi connectivity index (χ1) is 7.76. The molecule has 17 heavy (non-hydrogen) atoms. The van der Waals surface area contributed by atoms with Crippen molar-refractivity contribution in [1.82, 2.24) is 4.31 Å². The van der Waals surface area contributed by atoms with Gasteiger partial charge < -0.3 is 5.11 Å². The van der Waals surface area contributed by atoms with E-state index in [-0.39, 0.29) is 15.8 Å². The Kier molecular flexibility index (Phi) is 4.54. The van der Waals surface area contributed by atoms with E-state index in [1.165, 1.54) is 20.0 Å². The maximum Gasteiger partial charge on any atom is 0.307 e. The molecule has 0 aliphatic rings. The molecule has 1 heterocycles. The summed E-state index contributed by atoms with van der Waals surface area (Å²) in [4.78, 5) is 10.7. The molecule has 0 amide bonds. The third-order valence-electron chi connectivity index (χ3n) is 2.18. The molecule has 1 atom stereocenters. The minimum Gasteiger partial charge on any atom is -0.481 e. The van der Waals surface area contributed by atoms with Crippen LogP contribution in [0, 0.1) is 5.92 Å². The average molecular weight is 298 g/mol. The molecule has 1 rings (SSSR count). The highest BCUT2D eigenvalue weighted by atomic mass is 35.5. The smallest absolute Gasteiger partial charge is 0.307 e. The van der Waals surface area contributed by atoms with E-state index in [1.807, 2.05) is 0 Å². The number of sulfonamides is 1. The SMILES string of the molecule is CC(CN(C)S(=O)(=O)c1sccc1Cl)C(=O)O. The van der Waals surface area contributed by atoms with Crippen LogP contribution in [-0.4, -0.2) is 37.4 Å². The Labute approximate surface area is 109 Å². The lowest BCUT2D eigenvalue weighted by atomic mass is 10.2. The molecule has 1 aromatic heterocycles. The lowest BCUT2D eigenvalue weighted by Gasteiger charge is -2.18. The molecule has 1 unspecified atom stereocenters.